The second kappa shape index (κ2) is 7.30. The van der Waals surface area contributed by atoms with Crippen LogP contribution in [0.2, 0.25) is 0 Å². The first-order chi connectivity index (χ1) is 10.1. The van der Waals surface area contributed by atoms with Gasteiger partial charge in [0, 0.05) is 6.07 Å². The van der Waals surface area contributed by atoms with E-state index in [0.29, 0.717) is 4.47 Å². The third-order valence-electron chi connectivity index (χ3n) is 2.94. The van der Waals surface area contributed by atoms with Gasteiger partial charge >= 0.3 is 5.97 Å². The van der Waals surface area contributed by atoms with E-state index < -0.39 is 28.0 Å². The van der Waals surface area contributed by atoms with Gasteiger partial charge in [0.05, 0.1) is 18.7 Å². The van der Waals surface area contributed by atoms with Crippen LogP contribution in [0, 0.1) is 5.92 Å². The molecular formula is C13H18BrNO6S. The molecule has 0 bridgehead atoms. The molecule has 1 aromatic carbocycles. The molecule has 0 heterocycles. The van der Waals surface area contributed by atoms with Crippen molar-refractivity contribution in [2.45, 2.75) is 24.8 Å². The first-order valence-corrected chi connectivity index (χ1v) is 8.58. The second-order valence-corrected chi connectivity index (χ2v) is 7.36. The summed E-state index contributed by atoms with van der Waals surface area (Å²) in [5, 5.41) is 9.13. The van der Waals surface area contributed by atoms with Crippen LogP contribution < -0.4 is 14.2 Å². The molecular weight excluding hydrogens is 378 g/mol. The number of rotatable bonds is 7. The van der Waals surface area contributed by atoms with Gasteiger partial charge in [-0.05, 0) is 27.9 Å². The highest BCUT2D eigenvalue weighted by Crippen LogP contribution is 2.35. The Labute approximate surface area is 137 Å². The van der Waals surface area contributed by atoms with Crippen LogP contribution in [0.25, 0.3) is 0 Å². The maximum Gasteiger partial charge on any atom is 0.322 e. The Morgan fingerprint density at radius 3 is 2.18 bits per heavy atom. The standard InChI is InChI=1S/C13H18BrNO6S/c1-7(2)12(13(16)17)15-22(18,19)11-6-9(20-3)8(14)5-10(11)21-4/h5-7,12,15H,1-4H3,(H,16,17). The average Bonchev–Trinajstić information content (AvgIpc) is 2.43. The summed E-state index contributed by atoms with van der Waals surface area (Å²) in [4.78, 5) is 11.0. The van der Waals surface area contributed by atoms with Crippen LogP contribution in [0.3, 0.4) is 0 Å². The SMILES string of the molecule is COc1cc(S(=O)(=O)NC(C(=O)O)C(C)C)c(OC)cc1Br. The zero-order valence-electron chi connectivity index (χ0n) is 12.6. The molecule has 0 aliphatic rings. The van der Waals surface area contributed by atoms with Crippen LogP contribution in [0.5, 0.6) is 11.5 Å². The Morgan fingerprint density at radius 1 is 1.23 bits per heavy atom. The lowest BCUT2D eigenvalue weighted by atomic mass is 10.1. The number of carboxylic acids is 1. The lowest BCUT2D eigenvalue weighted by molar-refractivity contribution is -0.140. The molecule has 1 unspecified atom stereocenters. The van der Waals surface area contributed by atoms with E-state index in [1.807, 2.05) is 0 Å². The van der Waals surface area contributed by atoms with E-state index in [0.717, 1.165) is 0 Å². The average molecular weight is 396 g/mol. The van der Waals surface area contributed by atoms with Gasteiger partial charge in [-0.15, -0.1) is 0 Å². The van der Waals surface area contributed by atoms with E-state index in [1.54, 1.807) is 13.8 Å². The van der Waals surface area contributed by atoms with E-state index in [4.69, 9.17) is 14.6 Å². The van der Waals surface area contributed by atoms with Crippen molar-refractivity contribution < 1.29 is 27.8 Å². The van der Waals surface area contributed by atoms with Gasteiger partial charge in [0.1, 0.15) is 22.4 Å². The largest absolute Gasteiger partial charge is 0.496 e. The number of halogens is 1. The minimum Gasteiger partial charge on any atom is -0.496 e. The molecule has 9 heteroatoms. The third-order valence-corrected chi connectivity index (χ3v) is 5.02. The molecule has 0 fully saturated rings. The van der Waals surface area contributed by atoms with Crippen LogP contribution >= 0.6 is 15.9 Å². The summed E-state index contributed by atoms with van der Waals surface area (Å²) in [6, 6.07) is 1.47. The van der Waals surface area contributed by atoms with Crippen LogP contribution in [0.4, 0.5) is 0 Å². The van der Waals surface area contributed by atoms with Gasteiger partial charge in [-0.3, -0.25) is 4.79 Å². The highest BCUT2D eigenvalue weighted by molar-refractivity contribution is 9.10. The normalized spacial score (nSPS) is 13.0. The number of methoxy groups -OCH3 is 2. The fourth-order valence-electron chi connectivity index (χ4n) is 1.74. The Hall–Kier alpha value is -1.32. The van der Waals surface area contributed by atoms with Crippen molar-refractivity contribution in [3.8, 4) is 11.5 Å². The van der Waals surface area contributed by atoms with Gasteiger partial charge < -0.3 is 14.6 Å². The van der Waals surface area contributed by atoms with E-state index in [-0.39, 0.29) is 16.4 Å². The first kappa shape index (κ1) is 18.7. The lowest BCUT2D eigenvalue weighted by Gasteiger charge is -2.19. The molecule has 0 aliphatic heterocycles. The molecule has 0 saturated carbocycles. The monoisotopic (exact) mass is 395 g/mol. The molecule has 0 aromatic heterocycles. The van der Waals surface area contributed by atoms with Crippen molar-refractivity contribution in [2.75, 3.05) is 14.2 Å². The molecule has 0 aliphatic carbocycles. The Kier molecular flexibility index (Phi) is 6.21. The van der Waals surface area contributed by atoms with Crippen molar-refractivity contribution in [1.29, 1.82) is 0 Å². The van der Waals surface area contributed by atoms with Gasteiger partial charge in [-0.2, -0.15) is 4.72 Å². The number of nitrogens with one attached hydrogen (secondary N) is 1. The number of ether oxygens (including phenoxy) is 2. The smallest absolute Gasteiger partial charge is 0.322 e. The minimum atomic E-state index is -4.10. The summed E-state index contributed by atoms with van der Waals surface area (Å²) < 4.78 is 37.8. The molecule has 1 rings (SSSR count). The Balaban J connectivity index is 3.35. The first-order valence-electron chi connectivity index (χ1n) is 6.30. The van der Waals surface area contributed by atoms with Crippen LogP contribution in [0.15, 0.2) is 21.5 Å². The molecule has 0 radical (unpaired) electrons. The number of benzene rings is 1. The summed E-state index contributed by atoms with van der Waals surface area (Å²) >= 11 is 3.23. The van der Waals surface area contributed by atoms with Crippen molar-refractivity contribution in [2.24, 2.45) is 5.92 Å². The van der Waals surface area contributed by atoms with Crippen LogP contribution in [-0.4, -0.2) is 39.8 Å². The highest BCUT2D eigenvalue weighted by atomic mass is 79.9. The number of sulfonamides is 1. The third kappa shape index (κ3) is 4.11. The highest BCUT2D eigenvalue weighted by Gasteiger charge is 2.30. The van der Waals surface area contributed by atoms with E-state index in [2.05, 4.69) is 20.7 Å². The number of hydrogen-bond acceptors (Lipinski definition) is 5. The van der Waals surface area contributed by atoms with Crippen molar-refractivity contribution in [3.63, 3.8) is 0 Å². The summed E-state index contributed by atoms with van der Waals surface area (Å²) in [5.74, 6) is -1.30. The van der Waals surface area contributed by atoms with Gasteiger partial charge in [0.25, 0.3) is 0 Å². The van der Waals surface area contributed by atoms with Crippen LogP contribution in [-0.2, 0) is 14.8 Å². The molecule has 1 aromatic rings. The van der Waals surface area contributed by atoms with E-state index in [1.165, 1.54) is 26.4 Å². The van der Waals surface area contributed by atoms with Gasteiger partial charge in [-0.25, -0.2) is 8.42 Å². The molecule has 22 heavy (non-hydrogen) atoms. The number of aliphatic carboxylic acids is 1. The molecule has 2 N–H and O–H groups in total. The fraction of sp³-hybridized carbons (Fsp3) is 0.462. The molecule has 1 atom stereocenters. The lowest BCUT2D eigenvalue weighted by Crippen LogP contribution is -2.44. The predicted octanol–water partition coefficient (Wildman–Crippen LogP) is 1.85. The Morgan fingerprint density at radius 2 is 1.77 bits per heavy atom. The summed E-state index contributed by atoms with van der Waals surface area (Å²) in [7, 11) is -1.38. The zero-order valence-corrected chi connectivity index (χ0v) is 15.0. The van der Waals surface area contributed by atoms with E-state index >= 15 is 0 Å². The van der Waals surface area contributed by atoms with Gasteiger partial charge in [0.15, 0.2) is 0 Å². The molecule has 7 nitrogen and oxygen atoms in total. The summed E-state index contributed by atoms with van der Waals surface area (Å²) in [6.07, 6.45) is 0. The Bertz CT molecular complexity index is 659. The van der Waals surface area contributed by atoms with Crippen molar-refractivity contribution >= 4 is 31.9 Å². The molecule has 0 spiro atoms. The van der Waals surface area contributed by atoms with Crippen molar-refractivity contribution in [1.82, 2.24) is 4.72 Å². The maximum absolute atomic E-state index is 12.5. The molecule has 0 saturated heterocycles. The van der Waals surface area contributed by atoms with E-state index in [9.17, 15) is 13.2 Å². The number of carboxylic acid groups (broad SMARTS) is 1. The predicted molar refractivity (Wildman–Crippen MR) is 83.8 cm³/mol. The zero-order chi connectivity index (χ0) is 17.1. The van der Waals surface area contributed by atoms with Crippen molar-refractivity contribution in [3.05, 3.63) is 16.6 Å². The number of hydrogen-bond donors (Lipinski definition) is 2. The molecule has 124 valence electrons. The number of carbonyl (C=O) groups is 1. The minimum absolute atomic E-state index is 0.0769. The quantitative estimate of drug-likeness (QED) is 0.730. The molecule has 0 amide bonds. The maximum atomic E-state index is 12.5. The summed E-state index contributed by atoms with van der Waals surface area (Å²) in [5.41, 5.74) is 0. The van der Waals surface area contributed by atoms with Gasteiger partial charge in [0.2, 0.25) is 10.0 Å². The van der Waals surface area contributed by atoms with Crippen LogP contribution in [0.1, 0.15) is 13.8 Å². The topological polar surface area (TPSA) is 102 Å². The second-order valence-electron chi connectivity index (χ2n) is 4.82. The fourth-order valence-corrected chi connectivity index (χ4v) is 3.73. The van der Waals surface area contributed by atoms with Gasteiger partial charge in [-0.1, -0.05) is 13.8 Å². The summed E-state index contributed by atoms with van der Waals surface area (Å²) in [6.45, 7) is 3.22.